The Morgan fingerprint density at radius 3 is 2.50 bits per heavy atom. The molecule has 2 heteroatoms. The first-order valence-electron chi connectivity index (χ1n) is 4.16. The standard InChI is InChI=1S/C8H17NO/c1-3-9(7(2)6-10)8-4-5-8/h7-8,10H,3-6H2,1-2H3. The largest absolute Gasteiger partial charge is 0.395 e. The van der Waals surface area contributed by atoms with Gasteiger partial charge in [-0.05, 0) is 26.3 Å². The van der Waals surface area contributed by atoms with Crippen molar-refractivity contribution < 1.29 is 5.11 Å². The molecular formula is C8H17NO. The number of aliphatic hydroxyl groups excluding tert-OH is 1. The molecule has 0 saturated heterocycles. The molecule has 0 amide bonds. The summed E-state index contributed by atoms with van der Waals surface area (Å²) in [6.07, 6.45) is 2.66. The van der Waals surface area contributed by atoms with E-state index in [0.29, 0.717) is 12.6 Å². The Hall–Kier alpha value is -0.0800. The zero-order chi connectivity index (χ0) is 7.56. The topological polar surface area (TPSA) is 23.5 Å². The maximum Gasteiger partial charge on any atom is 0.0584 e. The van der Waals surface area contributed by atoms with Gasteiger partial charge in [0.25, 0.3) is 0 Å². The van der Waals surface area contributed by atoms with Gasteiger partial charge in [0.2, 0.25) is 0 Å². The Morgan fingerprint density at radius 1 is 1.60 bits per heavy atom. The van der Waals surface area contributed by atoms with Gasteiger partial charge in [-0.3, -0.25) is 4.90 Å². The van der Waals surface area contributed by atoms with Crippen LogP contribution in [0.3, 0.4) is 0 Å². The Balaban J connectivity index is 2.30. The van der Waals surface area contributed by atoms with Gasteiger partial charge in [-0.2, -0.15) is 0 Å². The molecule has 1 rings (SSSR count). The Kier molecular flexibility index (Phi) is 2.69. The first-order chi connectivity index (χ1) is 4.79. The molecular weight excluding hydrogens is 126 g/mol. The fraction of sp³-hybridized carbons (Fsp3) is 1.00. The van der Waals surface area contributed by atoms with Crippen molar-refractivity contribution in [3.05, 3.63) is 0 Å². The summed E-state index contributed by atoms with van der Waals surface area (Å²) >= 11 is 0. The van der Waals surface area contributed by atoms with Crippen molar-refractivity contribution in [1.82, 2.24) is 4.90 Å². The van der Waals surface area contributed by atoms with Crippen LogP contribution < -0.4 is 0 Å². The van der Waals surface area contributed by atoms with Gasteiger partial charge < -0.3 is 5.11 Å². The van der Waals surface area contributed by atoms with E-state index in [0.717, 1.165) is 12.6 Å². The smallest absolute Gasteiger partial charge is 0.0584 e. The highest BCUT2D eigenvalue weighted by atomic mass is 16.3. The van der Waals surface area contributed by atoms with E-state index in [-0.39, 0.29) is 0 Å². The van der Waals surface area contributed by atoms with Crippen LogP contribution in [-0.2, 0) is 0 Å². The molecule has 0 aliphatic heterocycles. The molecule has 0 bridgehead atoms. The summed E-state index contributed by atoms with van der Waals surface area (Å²) in [5, 5.41) is 8.87. The number of hydrogen-bond donors (Lipinski definition) is 1. The van der Waals surface area contributed by atoms with Crippen molar-refractivity contribution in [3.8, 4) is 0 Å². The van der Waals surface area contributed by atoms with Crippen LogP contribution in [0.15, 0.2) is 0 Å². The summed E-state index contributed by atoms with van der Waals surface area (Å²) < 4.78 is 0. The molecule has 0 aromatic heterocycles. The average molecular weight is 143 g/mol. The molecule has 1 aliphatic rings. The summed E-state index contributed by atoms with van der Waals surface area (Å²) in [6.45, 7) is 5.61. The molecule has 0 heterocycles. The lowest BCUT2D eigenvalue weighted by molar-refractivity contribution is 0.133. The predicted molar refractivity (Wildman–Crippen MR) is 41.9 cm³/mol. The molecule has 0 spiro atoms. The van der Waals surface area contributed by atoms with Gasteiger partial charge in [0.1, 0.15) is 0 Å². The third-order valence-corrected chi connectivity index (χ3v) is 2.21. The minimum absolute atomic E-state index is 0.296. The number of hydrogen-bond acceptors (Lipinski definition) is 2. The number of likely N-dealkylation sites (N-methyl/N-ethyl adjacent to an activating group) is 1. The average Bonchev–Trinajstić information content (AvgIpc) is 2.73. The Bertz CT molecular complexity index is 101. The van der Waals surface area contributed by atoms with Crippen molar-refractivity contribution in [2.45, 2.75) is 38.8 Å². The minimum atomic E-state index is 0.296. The summed E-state index contributed by atoms with van der Waals surface area (Å²) in [6, 6.07) is 1.14. The van der Waals surface area contributed by atoms with Crippen LogP contribution in [0.1, 0.15) is 26.7 Å². The van der Waals surface area contributed by atoms with Crippen molar-refractivity contribution in [1.29, 1.82) is 0 Å². The van der Waals surface area contributed by atoms with Gasteiger partial charge in [-0.25, -0.2) is 0 Å². The molecule has 10 heavy (non-hydrogen) atoms. The van der Waals surface area contributed by atoms with Crippen molar-refractivity contribution in [2.24, 2.45) is 0 Å². The third kappa shape index (κ3) is 1.70. The van der Waals surface area contributed by atoms with E-state index in [1.807, 2.05) is 0 Å². The Labute approximate surface area is 62.8 Å². The second-order valence-electron chi connectivity index (χ2n) is 3.09. The summed E-state index contributed by atoms with van der Waals surface area (Å²) in [7, 11) is 0. The van der Waals surface area contributed by atoms with Gasteiger partial charge in [-0.1, -0.05) is 6.92 Å². The SMILES string of the molecule is CCN(C(C)CO)C1CC1. The van der Waals surface area contributed by atoms with Crippen LogP contribution in [0, 0.1) is 0 Å². The lowest BCUT2D eigenvalue weighted by Gasteiger charge is -2.25. The monoisotopic (exact) mass is 143 g/mol. The number of aliphatic hydroxyl groups is 1. The van der Waals surface area contributed by atoms with Crippen molar-refractivity contribution in [2.75, 3.05) is 13.2 Å². The highest BCUT2D eigenvalue weighted by Gasteiger charge is 2.30. The van der Waals surface area contributed by atoms with Gasteiger partial charge >= 0.3 is 0 Å². The quantitative estimate of drug-likeness (QED) is 0.630. The van der Waals surface area contributed by atoms with Crippen LogP contribution in [0.4, 0.5) is 0 Å². The highest BCUT2D eigenvalue weighted by Crippen LogP contribution is 2.27. The van der Waals surface area contributed by atoms with E-state index in [1.165, 1.54) is 12.8 Å². The van der Waals surface area contributed by atoms with E-state index in [4.69, 9.17) is 5.11 Å². The second kappa shape index (κ2) is 3.35. The molecule has 2 nitrogen and oxygen atoms in total. The van der Waals surface area contributed by atoms with Crippen LogP contribution in [0.25, 0.3) is 0 Å². The zero-order valence-electron chi connectivity index (χ0n) is 6.88. The van der Waals surface area contributed by atoms with E-state index >= 15 is 0 Å². The third-order valence-electron chi connectivity index (χ3n) is 2.21. The van der Waals surface area contributed by atoms with Gasteiger partial charge in [0.05, 0.1) is 6.61 Å². The van der Waals surface area contributed by atoms with Crippen molar-refractivity contribution in [3.63, 3.8) is 0 Å². The van der Waals surface area contributed by atoms with Gasteiger partial charge in [0.15, 0.2) is 0 Å². The first kappa shape index (κ1) is 8.02. The lowest BCUT2D eigenvalue weighted by atomic mass is 10.3. The second-order valence-corrected chi connectivity index (χ2v) is 3.09. The lowest BCUT2D eigenvalue weighted by Crippen LogP contribution is -2.37. The fourth-order valence-electron chi connectivity index (χ4n) is 1.44. The first-order valence-corrected chi connectivity index (χ1v) is 4.16. The maximum absolute atomic E-state index is 8.87. The van der Waals surface area contributed by atoms with E-state index in [2.05, 4.69) is 18.7 Å². The summed E-state index contributed by atoms with van der Waals surface area (Å²) in [4.78, 5) is 2.38. The number of rotatable bonds is 4. The predicted octanol–water partition coefficient (Wildman–Crippen LogP) is 0.851. The maximum atomic E-state index is 8.87. The van der Waals surface area contributed by atoms with Crippen LogP contribution in [0.2, 0.25) is 0 Å². The van der Waals surface area contributed by atoms with Gasteiger partial charge in [-0.15, -0.1) is 0 Å². The molecule has 1 fully saturated rings. The normalized spacial score (nSPS) is 21.6. The molecule has 1 unspecified atom stereocenters. The molecule has 0 aromatic carbocycles. The molecule has 1 aliphatic carbocycles. The van der Waals surface area contributed by atoms with Crippen molar-refractivity contribution >= 4 is 0 Å². The molecule has 1 N–H and O–H groups in total. The molecule has 60 valence electrons. The summed E-state index contributed by atoms with van der Waals surface area (Å²) in [5.41, 5.74) is 0. The van der Waals surface area contributed by atoms with E-state index in [9.17, 15) is 0 Å². The summed E-state index contributed by atoms with van der Waals surface area (Å²) in [5.74, 6) is 0. The van der Waals surface area contributed by atoms with Crippen LogP contribution in [0.5, 0.6) is 0 Å². The van der Waals surface area contributed by atoms with Crippen LogP contribution >= 0.6 is 0 Å². The van der Waals surface area contributed by atoms with E-state index < -0.39 is 0 Å². The van der Waals surface area contributed by atoms with Crippen LogP contribution in [-0.4, -0.2) is 35.2 Å². The minimum Gasteiger partial charge on any atom is -0.395 e. The fourth-order valence-corrected chi connectivity index (χ4v) is 1.44. The highest BCUT2D eigenvalue weighted by molar-refractivity contribution is 4.86. The van der Waals surface area contributed by atoms with Gasteiger partial charge in [0, 0.05) is 12.1 Å². The molecule has 1 saturated carbocycles. The molecule has 1 atom stereocenters. The Morgan fingerprint density at radius 2 is 2.20 bits per heavy atom. The zero-order valence-corrected chi connectivity index (χ0v) is 6.88. The molecule has 0 radical (unpaired) electrons. The molecule has 0 aromatic rings. The van der Waals surface area contributed by atoms with E-state index in [1.54, 1.807) is 0 Å². The number of nitrogens with zero attached hydrogens (tertiary/aromatic N) is 1.